The number of ether oxygens (including phenoxy) is 2. The van der Waals surface area contributed by atoms with Gasteiger partial charge in [-0.1, -0.05) is 37.3 Å². The molecule has 0 unspecified atom stereocenters. The second kappa shape index (κ2) is 9.21. The van der Waals surface area contributed by atoms with Gasteiger partial charge in [0.05, 0.1) is 4.90 Å². The highest BCUT2D eigenvalue weighted by Crippen LogP contribution is 2.31. The van der Waals surface area contributed by atoms with Crippen molar-refractivity contribution in [1.82, 2.24) is 9.62 Å². The molecule has 0 aromatic heterocycles. The fraction of sp³-hybridized carbons (Fsp3) is 0.400. The molecule has 0 radical (unpaired) electrons. The number of nitrogens with one attached hydrogen (secondary N) is 1. The summed E-state index contributed by atoms with van der Waals surface area (Å²) in [6.45, 7) is 5.12. The summed E-state index contributed by atoms with van der Waals surface area (Å²) in [5.74, 6) is 1.53. The lowest BCUT2D eigenvalue weighted by atomic mass is 10.2. The minimum atomic E-state index is -3.48. The number of fused-ring (bicyclic) bond motifs is 1. The zero-order chi connectivity index (χ0) is 19.1. The van der Waals surface area contributed by atoms with Crippen LogP contribution >= 0.6 is 0 Å². The molecule has 1 aliphatic heterocycles. The van der Waals surface area contributed by atoms with Crippen LogP contribution in [0.4, 0.5) is 0 Å². The molecule has 3 rings (SSSR count). The Morgan fingerprint density at radius 1 is 1.04 bits per heavy atom. The molecule has 0 spiro atoms. The zero-order valence-electron chi connectivity index (χ0n) is 15.5. The van der Waals surface area contributed by atoms with Crippen LogP contribution in [0.25, 0.3) is 0 Å². The maximum atomic E-state index is 12.3. The van der Waals surface area contributed by atoms with Gasteiger partial charge in [0.2, 0.25) is 10.0 Å². The lowest BCUT2D eigenvalue weighted by molar-refractivity contribution is 0.0592. The Balaban J connectivity index is 1.52. The number of sulfonamides is 1. The van der Waals surface area contributed by atoms with E-state index >= 15 is 0 Å². The average Bonchev–Trinajstić information content (AvgIpc) is 2.68. The summed E-state index contributed by atoms with van der Waals surface area (Å²) < 4.78 is 39.1. The molecule has 1 atom stereocenters. The van der Waals surface area contributed by atoms with E-state index in [4.69, 9.17) is 9.47 Å². The van der Waals surface area contributed by atoms with Crippen molar-refractivity contribution in [3.63, 3.8) is 0 Å². The predicted octanol–water partition coefficient (Wildman–Crippen LogP) is 2.52. The molecule has 7 heteroatoms. The predicted molar refractivity (Wildman–Crippen MR) is 105 cm³/mol. The van der Waals surface area contributed by atoms with Gasteiger partial charge in [0.1, 0.15) is 12.7 Å². The van der Waals surface area contributed by atoms with Gasteiger partial charge in [0, 0.05) is 19.6 Å². The summed E-state index contributed by atoms with van der Waals surface area (Å²) in [5.41, 5.74) is 0. The molecule has 0 fully saturated rings. The first-order valence-electron chi connectivity index (χ1n) is 9.24. The molecule has 2 aromatic rings. The lowest BCUT2D eigenvalue weighted by Gasteiger charge is -2.31. The second-order valence-electron chi connectivity index (χ2n) is 6.51. The van der Waals surface area contributed by atoms with E-state index in [9.17, 15) is 8.42 Å². The molecular weight excluding hydrogens is 364 g/mol. The van der Waals surface area contributed by atoms with Crippen LogP contribution in [0.3, 0.4) is 0 Å². The van der Waals surface area contributed by atoms with E-state index in [1.165, 1.54) is 0 Å². The smallest absolute Gasteiger partial charge is 0.240 e. The Hall–Kier alpha value is -2.09. The third-order valence-electron chi connectivity index (χ3n) is 4.34. The Labute approximate surface area is 161 Å². The third kappa shape index (κ3) is 5.45. The monoisotopic (exact) mass is 390 g/mol. The number of hydrogen-bond donors (Lipinski definition) is 1. The van der Waals surface area contributed by atoms with E-state index in [-0.39, 0.29) is 11.0 Å². The average molecular weight is 391 g/mol. The number of nitrogens with zero attached hydrogens (tertiary/aromatic N) is 1. The fourth-order valence-corrected chi connectivity index (χ4v) is 4.11. The Morgan fingerprint density at radius 2 is 1.74 bits per heavy atom. The van der Waals surface area contributed by atoms with Crippen LogP contribution in [0.1, 0.15) is 13.3 Å². The van der Waals surface area contributed by atoms with E-state index in [1.807, 2.05) is 24.3 Å². The van der Waals surface area contributed by atoms with Crippen LogP contribution in [0, 0.1) is 0 Å². The number of para-hydroxylation sites is 2. The highest BCUT2D eigenvalue weighted by Gasteiger charge is 2.23. The Kier molecular flexibility index (Phi) is 6.71. The van der Waals surface area contributed by atoms with Gasteiger partial charge in [-0.3, -0.25) is 4.90 Å². The van der Waals surface area contributed by atoms with Crippen molar-refractivity contribution in [3.8, 4) is 11.5 Å². The molecule has 0 saturated carbocycles. The molecule has 6 nitrogen and oxygen atoms in total. The van der Waals surface area contributed by atoms with Gasteiger partial charge in [-0.2, -0.15) is 0 Å². The van der Waals surface area contributed by atoms with Crippen LogP contribution < -0.4 is 14.2 Å². The highest BCUT2D eigenvalue weighted by atomic mass is 32.2. The Bertz CT molecular complexity index is 827. The van der Waals surface area contributed by atoms with E-state index in [0.29, 0.717) is 26.2 Å². The van der Waals surface area contributed by atoms with Crippen molar-refractivity contribution in [2.24, 2.45) is 0 Å². The van der Waals surface area contributed by atoms with Gasteiger partial charge < -0.3 is 9.47 Å². The maximum Gasteiger partial charge on any atom is 0.240 e. The van der Waals surface area contributed by atoms with Crippen LogP contribution in [-0.4, -0.2) is 52.2 Å². The van der Waals surface area contributed by atoms with Crippen molar-refractivity contribution in [2.75, 3.05) is 32.8 Å². The van der Waals surface area contributed by atoms with Crippen LogP contribution in [0.2, 0.25) is 0 Å². The van der Waals surface area contributed by atoms with E-state index in [0.717, 1.165) is 24.5 Å². The number of benzene rings is 2. The van der Waals surface area contributed by atoms with Crippen molar-refractivity contribution in [2.45, 2.75) is 24.3 Å². The van der Waals surface area contributed by atoms with Gasteiger partial charge in [0.25, 0.3) is 0 Å². The minimum absolute atomic E-state index is 0.0721. The van der Waals surface area contributed by atoms with Gasteiger partial charge in [-0.25, -0.2) is 13.1 Å². The normalized spacial score (nSPS) is 16.4. The third-order valence-corrected chi connectivity index (χ3v) is 5.82. The molecule has 0 amide bonds. The SMILES string of the molecule is CCCN(CCNS(=O)(=O)c1ccccc1)C[C@@H]1COc2ccccc2O1. The Morgan fingerprint density at radius 3 is 2.48 bits per heavy atom. The molecule has 1 heterocycles. The summed E-state index contributed by atoms with van der Waals surface area (Å²) in [5, 5.41) is 0. The zero-order valence-corrected chi connectivity index (χ0v) is 16.3. The number of rotatable bonds is 9. The first-order chi connectivity index (χ1) is 13.1. The summed E-state index contributed by atoms with van der Waals surface area (Å²) in [7, 11) is -3.48. The highest BCUT2D eigenvalue weighted by molar-refractivity contribution is 7.89. The lowest BCUT2D eigenvalue weighted by Crippen LogP contribution is -2.44. The summed E-state index contributed by atoms with van der Waals surface area (Å²) in [4.78, 5) is 2.49. The van der Waals surface area contributed by atoms with Crippen LogP contribution in [-0.2, 0) is 10.0 Å². The second-order valence-corrected chi connectivity index (χ2v) is 8.28. The summed E-state index contributed by atoms with van der Waals surface area (Å²) in [6.07, 6.45) is 0.910. The van der Waals surface area contributed by atoms with Gasteiger partial charge >= 0.3 is 0 Å². The largest absolute Gasteiger partial charge is 0.486 e. The van der Waals surface area contributed by atoms with Crippen molar-refractivity contribution < 1.29 is 17.9 Å². The molecule has 2 aromatic carbocycles. The van der Waals surface area contributed by atoms with Crippen LogP contribution in [0.15, 0.2) is 59.5 Å². The topological polar surface area (TPSA) is 67.9 Å². The first kappa shape index (κ1) is 19.7. The molecule has 0 saturated heterocycles. The quantitative estimate of drug-likeness (QED) is 0.713. The number of hydrogen-bond acceptors (Lipinski definition) is 5. The van der Waals surface area contributed by atoms with Crippen LogP contribution in [0.5, 0.6) is 11.5 Å². The van der Waals surface area contributed by atoms with E-state index in [2.05, 4.69) is 16.5 Å². The fourth-order valence-electron chi connectivity index (χ4n) is 3.07. The molecule has 1 N–H and O–H groups in total. The van der Waals surface area contributed by atoms with Gasteiger partial charge in [-0.05, 0) is 37.2 Å². The van der Waals surface area contributed by atoms with Crippen molar-refractivity contribution in [1.29, 1.82) is 0 Å². The summed E-state index contributed by atoms with van der Waals surface area (Å²) >= 11 is 0. The molecule has 146 valence electrons. The van der Waals surface area contributed by atoms with Gasteiger partial charge in [0.15, 0.2) is 11.5 Å². The molecule has 1 aliphatic rings. The maximum absolute atomic E-state index is 12.3. The molecular formula is C20H26N2O4S. The van der Waals surface area contributed by atoms with Crippen molar-refractivity contribution in [3.05, 3.63) is 54.6 Å². The molecule has 27 heavy (non-hydrogen) atoms. The van der Waals surface area contributed by atoms with E-state index < -0.39 is 10.0 Å². The van der Waals surface area contributed by atoms with E-state index in [1.54, 1.807) is 30.3 Å². The molecule has 0 aliphatic carbocycles. The first-order valence-corrected chi connectivity index (χ1v) is 10.7. The van der Waals surface area contributed by atoms with Crippen molar-refractivity contribution >= 4 is 10.0 Å². The van der Waals surface area contributed by atoms with Gasteiger partial charge in [-0.15, -0.1) is 0 Å². The molecule has 0 bridgehead atoms. The summed E-state index contributed by atoms with van der Waals surface area (Å²) in [6, 6.07) is 16.1. The minimum Gasteiger partial charge on any atom is -0.486 e. The standard InChI is InChI=1S/C20H26N2O4S/c1-2-13-22(14-12-21-27(23,24)18-8-4-3-5-9-18)15-17-16-25-19-10-6-7-11-20(19)26-17/h3-11,17,21H,2,12-16H2,1H3/t17-/m1/s1.